The highest BCUT2D eigenvalue weighted by atomic mass is 16.4. The van der Waals surface area contributed by atoms with E-state index in [0.29, 0.717) is 18.1 Å². The minimum absolute atomic E-state index is 0.170. The zero-order valence-electron chi connectivity index (χ0n) is 11.4. The Bertz CT molecular complexity index is 622. The van der Waals surface area contributed by atoms with Gasteiger partial charge in [0.05, 0.1) is 12.0 Å². The summed E-state index contributed by atoms with van der Waals surface area (Å²) in [5.41, 5.74) is 0.141. The number of aromatic hydroxyl groups is 2. The van der Waals surface area contributed by atoms with Gasteiger partial charge in [-0.1, -0.05) is 6.07 Å². The molecule has 8 nitrogen and oxygen atoms in total. The fourth-order valence-corrected chi connectivity index (χ4v) is 1.64. The quantitative estimate of drug-likeness (QED) is 0.358. The summed E-state index contributed by atoms with van der Waals surface area (Å²) >= 11 is 0. The minimum atomic E-state index is -1.47. The highest BCUT2D eigenvalue weighted by Crippen LogP contribution is 2.24. The van der Waals surface area contributed by atoms with Gasteiger partial charge in [0.25, 0.3) is 0 Å². The molecule has 0 heterocycles. The number of rotatable bonds is 7. The monoisotopic (exact) mass is 309 g/mol. The summed E-state index contributed by atoms with van der Waals surface area (Å²) in [5, 5.41) is 38.2. The van der Waals surface area contributed by atoms with Crippen LogP contribution in [0.2, 0.25) is 0 Å². The topological polar surface area (TPSA) is 144 Å². The normalized spacial score (nSPS) is 11.0. The molecular weight excluding hydrogens is 294 g/mol. The maximum absolute atomic E-state index is 11.6. The Hall–Kier alpha value is -3.03. The Labute approximate surface area is 125 Å². The second-order valence-corrected chi connectivity index (χ2v) is 4.41. The summed E-state index contributed by atoms with van der Waals surface area (Å²) in [4.78, 5) is 32.8. The first-order chi connectivity index (χ1) is 10.3. The van der Waals surface area contributed by atoms with Crippen LogP contribution in [0.3, 0.4) is 0 Å². The Kier molecular flexibility index (Phi) is 5.94. The lowest BCUT2D eigenvalue weighted by atomic mass is 10.1. The lowest BCUT2D eigenvalue weighted by Crippen LogP contribution is -2.27. The molecule has 8 heteroatoms. The number of amides is 1. The summed E-state index contributed by atoms with van der Waals surface area (Å²) < 4.78 is 0. The van der Waals surface area contributed by atoms with Crippen LogP contribution < -0.4 is 5.32 Å². The number of carbonyl (C=O) groups excluding carboxylic acids is 1. The van der Waals surface area contributed by atoms with E-state index in [2.05, 4.69) is 5.32 Å². The van der Waals surface area contributed by atoms with Gasteiger partial charge in [-0.2, -0.15) is 0 Å². The van der Waals surface area contributed by atoms with Gasteiger partial charge in [-0.05, 0) is 24.1 Å². The maximum atomic E-state index is 11.6. The summed E-state index contributed by atoms with van der Waals surface area (Å²) in [6, 6.07) is 4.22. The van der Waals surface area contributed by atoms with Crippen molar-refractivity contribution in [3.05, 3.63) is 35.4 Å². The van der Waals surface area contributed by atoms with Gasteiger partial charge >= 0.3 is 11.9 Å². The van der Waals surface area contributed by atoms with E-state index in [0.717, 1.165) is 0 Å². The van der Waals surface area contributed by atoms with E-state index in [1.807, 2.05) is 0 Å². The van der Waals surface area contributed by atoms with Crippen LogP contribution in [0, 0.1) is 0 Å². The SMILES string of the molecule is O=C(O)/C=C(\CC(=O)NCCc1ccc(O)c(O)c1)C(=O)O. The van der Waals surface area contributed by atoms with Crippen LogP contribution in [-0.4, -0.2) is 44.8 Å². The van der Waals surface area contributed by atoms with Crippen molar-refractivity contribution in [2.45, 2.75) is 12.8 Å². The summed E-state index contributed by atoms with van der Waals surface area (Å²) in [7, 11) is 0. The fraction of sp³-hybridized carbons (Fsp3) is 0.214. The van der Waals surface area contributed by atoms with Crippen molar-refractivity contribution in [1.82, 2.24) is 5.32 Å². The van der Waals surface area contributed by atoms with E-state index in [1.165, 1.54) is 12.1 Å². The lowest BCUT2D eigenvalue weighted by molar-refractivity contribution is -0.135. The largest absolute Gasteiger partial charge is 0.504 e. The third kappa shape index (κ3) is 5.53. The number of phenolic OH excluding ortho intramolecular Hbond substituents is 2. The first-order valence-corrected chi connectivity index (χ1v) is 6.24. The molecule has 118 valence electrons. The van der Waals surface area contributed by atoms with Crippen LogP contribution in [0.15, 0.2) is 29.8 Å². The Morgan fingerprint density at radius 1 is 1.09 bits per heavy atom. The van der Waals surface area contributed by atoms with Gasteiger partial charge in [0, 0.05) is 12.6 Å². The van der Waals surface area contributed by atoms with E-state index in [1.54, 1.807) is 6.07 Å². The molecule has 0 fully saturated rings. The number of carboxylic acid groups (broad SMARTS) is 2. The standard InChI is InChI=1S/C14H15NO7/c16-10-2-1-8(5-11(10)17)3-4-15-12(18)6-9(14(21)22)7-13(19)20/h1-2,5,7,16-17H,3-4,6H2,(H,15,18)(H,19,20)(H,21,22)/b9-7+. The molecule has 5 N–H and O–H groups in total. The summed E-state index contributed by atoms with van der Waals surface area (Å²) in [5.74, 6) is -4.07. The van der Waals surface area contributed by atoms with Crippen molar-refractivity contribution in [3.63, 3.8) is 0 Å². The number of phenols is 2. The highest BCUT2D eigenvalue weighted by Gasteiger charge is 2.14. The fourth-order valence-electron chi connectivity index (χ4n) is 1.64. The molecule has 1 aromatic carbocycles. The molecule has 1 rings (SSSR count). The van der Waals surface area contributed by atoms with Crippen molar-refractivity contribution in [3.8, 4) is 11.5 Å². The van der Waals surface area contributed by atoms with Gasteiger partial charge in [-0.3, -0.25) is 4.79 Å². The number of carboxylic acids is 2. The smallest absolute Gasteiger partial charge is 0.332 e. The molecule has 0 saturated heterocycles. The van der Waals surface area contributed by atoms with Gasteiger partial charge in [0.15, 0.2) is 11.5 Å². The van der Waals surface area contributed by atoms with E-state index < -0.39 is 29.8 Å². The maximum Gasteiger partial charge on any atom is 0.332 e. The molecular formula is C14H15NO7. The predicted molar refractivity (Wildman–Crippen MR) is 74.5 cm³/mol. The van der Waals surface area contributed by atoms with Crippen molar-refractivity contribution in [2.75, 3.05) is 6.54 Å². The molecule has 0 radical (unpaired) electrons. The molecule has 0 aromatic heterocycles. The van der Waals surface area contributed by atoms with E-state index in [-0.39, 0.29) is 18.0 Å². The van der Waals surface area contributed by atoms with Crippen LogP contribution in [-0.2, 0) is 20.8 Å². The molecule has 0 saturated carbocycles. The molecule has 0 bridgehead atoms. The number of aliphatic carboxylic acids is 2. The van der Waals surface area contributed by atoms with Gasteiger partial charge in [0.2, 0.25) is 5.91 Å². The zero-order valence-corrected chi connectivity index (χ0v) is 11.4. The molecule has 0 spiro atoms. The number of hydrogen-bond acceptors (Lipinski definition) is 5. The molecule has 0 atom stereocenters. The first kappa shape index (κ1) is 17.0. The van der Waals surface area contributed by atoms with Crippen LogP contribution in [0.4, 0.5) is 0 Å². The first-order valence-electron chi connectivity index (χ1n) is 6.24. The molecule has 1 aromatic rings. The van der Waals surface area contributed by atoms with Crippen LogP contribution >= 0.6 is 0 Å². The van der Waals surface area contributed by atoms with Crippen molar-refractivity contribution < 1.29 is 34.8 Å². The van der Waals surface area contributed by atoms with E-state index in [4.69, 9.17) is 15.3 Å². The van der Waals surface area contributed by atoms with Crippen LogP contribution in [0.25, 0.3) is 0 Å². The second kappa shape index (κ2) is 7.67. The van der Waals surface area contributed by atoms with Crippen molar-refractivity contribution in [2.24, 2.45) is 0 Å². The molecule has 0 aliphatic heterocycles. The van der Waals surface area contributed by atoms with Crippen LogP contribution in [0.5, 0.6) is 11.5 Å². The van der Waals surface area contributed by atoms with Crippen LogP contribution in [0.1, 0.15) is 12.0 Å². The van der Waals surface area contributed by atoms with Gasteiger partial charge in [-0.15, -0.1) is 0 Å². The molecule has 0 unspecified atom stereocenters. The van der Waals surface area contributed by atoms with Gasteiger partial charge in [-0.25, -0.2) is 9.59 Å². The molecule has 0 aliphatic rings. The number of hydrogen-bond donors (Lipinski definition) is 5. The lowest BCUT2D eigenvalue weighted by Gasteiger charge is -2.06. The summed E-state index contributed by atoms with van der Waals surface area (Å²) in [6.07, 6.45) is 0.271. The average Bonchev–Trinajstić information content (AvgIpc) is 2.41. The van der Waals surface area contributed by atoms with E-state index in [9.17, 15) is 19.5 Å². The van der Waals surface area contributed by atoms with Gasteiger partial charge < -0.3 is 25.7 Å². The number of nitrogens with one attached hydrogen (secondary N) is 1. The Morgan fingerprint density at radius 3 is 2.32 bits per heavy atom. The third-order valence-corrected chi connectivity index (χ3v) is 2.70. The third-order valence-electron chi connectivity index (χ3n) is 2.70. The Morgan fingerprint density at radius 2 is 1.77 bits per heavy atom. The predicted octanol–water partition coefficient (Wildman–Crippen LogP) is 0.242. The number of carbonyl (C=O) groups is 3. The van der Waals surface area contributed by atoms with E-state index >= 15 is 0 Å². The zero-order chi connectivity index (χ0) is 16.7. The van der Waals surface area contributed by atoms with Crippen molar-refractivity contribution >= 4 is 17.8 Å². The highest BCUT2D eigenvalue weighted by molar-refractivity contribution is 5.99. The molecule has 1 amide bonds. The summed E-state index contributed by atoms with van der Waals surface area (Å²) in [6.45, 7) is 0.170. The molecule has 0 aliphatic carbocycles. The van der Waals surface area contributed by atoms with Crippen molar-refractivity contribution in [1.29, 1.82) is 0 Å². The average molecular weight is 309 g/mol. The number of benzene rings is 1. The molecule has 22 heavy (non-hydrogen) atoms. The minimum Gasteiger partial charge on any atom is -0.504 e. The Balaban J connectivity index is 2.50. The van der Waals surface area contributed by atoms with Gasteiger partial charge in [0.1, 0.15) is 0 Å². The second-order valence-electron chi connectivity index (χ2n) is 4.41.